The highest BCUT2D eigenvalue weighted by molar-refractivity contribution is 5.89. The summed E-state index contributed by atoms with van der Waals surface area (Å²) < 4.78 is 45.6. The molecule has 2 amide bonds. The highest BCUT2D eigenvalue weighted by atomic mass is 19.4. The number of hydrogen-bond donors (Lipinski definition) is 3. The number of nitrogen functional groups attached to an aromatic ring is 1. The van der Waals surface area contributed by atoms with E-state index in [0.717, 1.165) is 18.9 Å². The van der Waals surface area contributed by atoms with Crippen LogP contribution in [0.15, 0.2) is 42.5 Å². The number of alkyl halides is 3. The lowest BCUT2D eigenvalue weighted by atomic mass is 10.1. The summed E-state index contributed by atoms with van der Waals surface area (Å²) in [5.41, 5.74) is 5.07. The Morgan fingerprint density at radius 3 is 2.30 bits per heavy atom. The van der Waals surface area contributed by atoms with E-state index in [9.17, 15) is 18.0 Å². The fourth-order valence-corrected chi connectivity index (χ4v) is 2.43. The molecule has 27 heavy (non-hydrogen) atoms. The van der Waals surface area contributed by atoms with Gasteiger partial charge in [-0.25, -0.2) is 4.79 Å². The molecule has 0 aliphatic heterocycles. The molecule has 0 aliphatic rings. The Hall–Kier alpha value is -2.90. The van der Waals surface area contributed by atoms with Gasteiger partial charge in [0.2, 0.25) is 0 Å². The number of carbonyl (C=O) groups is 1. The van der Waals surface area contributed by atoms with E-state index in [2.05, 4.69) is 10.6 Å². The third-order valence-corrected chi connectivity index (χ3v) is 3.97. The minimum atomic E-state index is -4.65. The first-order valence-electron chi connectivity index (χ1n) is 8.55. The van der Waals surface area contributed by atoms with Crippen molar-refractivity contribution in [3.63, 3.8) is 0 Å². The van der Waals surface area contributed by atoms with Crippen LogP contribution in [0.2, 0.25) is 0 Å². The van der Waals surface area contributed by atoms with Crippen LogP contribution in [0.4, 0.5) is 29.3 Å². The highest BCUT2D eigenvalue weighted by Crippen LogP contribution is 2.39. The topological polar surface area (TPSA) is 76.4 Å². The number of nitrogens with two attached hydrogens (primary N) is 1. The van der Waals surface area contributed by atoms with Gasteiger partial charge in [-0.2, -0.15) is 13.2 Å². The molecule has 0 radical (unpaired) electrons. The summed E-state index contributed by atoms with van der Waals surface area (Å²) in [6.45, 7) is 3.83. The molecule has 2 aromatic carbocycles. The summed E-state index contributed by atoms with van der Waals surface area (Å²) in [7, 11) is 0. The van der Waals surface area contributed by atoms with E-state index in [4.69, 9.17) is 10.5 Å². The quantitative estimate of drug-likeness (QED) is 0.587. The largest absolute Gasteiger partial charge is 0.457 e. The number of carbonyl (C=O) groups excluding carboxylic acids is 1. The van der Waals surface area contributed by atoms with Gasteiger partial charge in [-0.1, -0.05) is 13.8 Å². The van der Waals surface area contributed by atoms with Crippen molar-refractivity contribution in [2.45, 2.75) is 38.9 Å². The summed E-state index contributed by atoms with van der Waals surface area (Å²) in [5, 5.41) is 5.14. The standard InChI is InChI=1S/C19H22F3N3O2/c1-3-13(4-2)24-18(26)25-14-7-10-17(16(11-14)19(20,21)22)27-15-8-5-12(23)6-9-15/h5-11,13H,3-4,23H2,1-2H3,(H2,24,25,26). The summed E-state index contributed by atoms with van der Waals surface area (Å²) >= 11 is 0. The van der Waals surface area contributed by atoms with Gasteiger partial charge in [0, 0.05) is 17.4 Å². The van der Waals surface area contributed by atoms with E-state index < -0.39 is 17.8 Å². The molecule has 0 aliphatic carbocycles. The Labute approximate surface area is 155 Å². The minimum absolute atomic E-state index is 0.0236. The van der Waals surface area contributed by atoms with Crippen LogP contribution in [0.3, 0.4) is 0 Å². The van der Waals surface area contributed by atoms with Crippen molar-refractivity contribution >= 4 is 17.4 Å². The van der Waals surface area contributed by atoms with E-state index in [1.807, 2.05) is 13.8 Å². The van der Waals surface area contributed by atoms with Gasteiger partial charge in [0.15, 0.2) is 0 Å². The molecule has 0 atom stereocenters. The number of benzene rings is 2. The molecule has 0 fully saturated rings. The van der Waals surface area contributed by atoms with Crippen molar-refractivity contribution in [1.29, 1.82) is 0 Å². The SMILES string of the molecule is CCC(CC)NC(=O)Nc1ccc(Oc2ccc(N)cc2)c(C(F)(F)F)c1. The predicted octanol–water partition coefficient (Wildman–Crippen LogP) is 5.39. The highest BCUT2D eigenvalue weighted by Gasteiger charge is 2.35. The van der Waals surface area contributed by atoms with Crippen molar-refractivity contribution in [1.82, 2.24) is 5.32 Å². The lowest BCUT2D eigenvalue weighted by Gasteiger charge is -2.18. The van der Waals surface area contributed by atoms with E-state index >= 15 is 0 Å². The number of anilines is 2. The molecule has 2 aromatic rings. The molecule has 2 rings (SSSR count). The van der Waals surface area contributed by atoms with Crippen LogP contribution in [-0.4, -0.2) is 12.1 Å². The average molecular weight is 381 g/mol. The summed E-state index contributed by atoms with van der Waals surface area (Å²) in [6.07, 6.45) is -3.19. The maximum Gasteiger partial charge on any atom is 0.420 e. The Bertz CT molecular complexity index is 773. The second kappa shape index (κ2) is 8.66. The first-order chi connectivity index (χ1) is 12.7. The molecule has 0 heterocycles. The van der Waals surface area contributed by atoms with Crippen LogP contribution in [-0.2, 0) is 6.18 Å². The lowest BCUT2D eigenvalue weighted by Crippen LogP contribution is -2.37. The van der Waals surface area contributed by atoms with Crippen molar-refractivity contribution in [2.75, 3.05) is 11.1 Å². The number of rotatable bonds is 6. The fourth-order valence-electron chi connectivity index (χ4n) is 2.43. The zero-order chi connectivity index (χ0) is 20.0. The number of ether oxygens (including phenoxy) is 1. The molecule has 0 spiro atoms. The van der Waals surface area contributed by atoms with E-state index in [1.165, 1.54) is 36.4 Å². The van der Waals surface area contributed by atoms with Crippen LogP contribution in [0.25, 0.3) is 0 Å². The second-order valence-corrected chi connectivity index (χ2v) is 5.99. The summed E-state index contributed by atoms with van der Waals surface area (Å²) in [5.74, 6) is -0.139. The van der Waals surface area contributed by atoms with Crippen molar-refractivity contribution in [3.8, 4) is 11.5 Å². The van der Waals surface area contributed by atoms with Crippen LogP contribution in [0.5, 0.6) is 11.5 Å². The zero-order valence-corrected chi connectivity index (χ0v) is 15.1. The molecule has 0 saturated carbocycles. The second-order valence-electron chi connectivity index (χ2n) is 5.99. The van der Waals surface area contributed by atoms with Gasteiger partial charge in [-0.3, -0.25) is 0 Å². The monoisotopic (exact) mass is 381 g/mol. The number of nitrogens with one attached hydrogen (secondary N) is 2. The molecule has 0 saturated heterocycles. The molecule has 8 heteroatoms. The van der Waals surface area contributed by atoms with E-state index in [1.54, 1.807) is 0 Å². The maximum absolute atomic E-state index is 13.4. The summed E-state index contributed by atoms with van der Waals surface area (Å²) in [6, 6.07) is 8.79. The van der Waals surface area contributed by atoms with Gasteiger partial charge in [-0.15, -0.1) is 0 Å². The van der Waals surface area contributed by atoms with Crippen LogP contribution >= 0.6 is 0 Å². The third kappa shape index (κ3) is 5.80. The van der Waals surface area contributed by atoms with Gasteiger partial charge < -0.3 is 21.1 Å². The summed E-state index contributed by atoms with van der Waals surface area (Å²) in [4.78, 5) is 12.0. The van der Waals surface area contributed by atoms with Crippen LogP contribution in [0, 0.1) is 0 Å². The van der Waals surface area contributed by atoms with Crippen molar-refractivity contribution < 1.29 is 22.7 Å². The van der Waals surface area contributed by atoms with Crippen molar-refractivity contribution in [2.24, 2.45) is 0 Å². The van der Waals surface area contributed by atoms with Crippen LogP contribution in [0.1, 0.15) is 32.3 Å². The maximum atomic E-state index is 13.4. The molecule has 0 bridgehead atoms. The number of amides is 2. The number of urea groups is 1. The molecule has 146 valence electrons. The van der Waals surface area contributed by atoms with E-state index in [0.29, 0.717) is 5.69 Å². The third-order valence-electron chi connectivity index (χ3n) is 3.97. The predicted molar refractivity (Wildman–Crippen MR) is 98.9 cm³/mol. The molecular weight excluding hydrogens is 359 g/mol. The smallest absolute Gasteiger partial charge is 0.420 e. The zero-order valence-electron chi connectivity index (χ0n) is 15.1. The minimum Gasteiger partial charge on any atom is -0.457 e. The average Bonchev–Trinajstić information content (AvgIpc) is 2.62. The Morgan fingerprint density at radius 2 is 1.74 bits per heavy atom. The molecule has 4 N–H and O–H groups in total. The first kappa shape index (κ1) is 20.4. The number of halogens is 3. The first-order valence-corrected chi connectivity index (χ1v) is 8.55. The van der Waals surface area contributed by atoms with Crippen molar-refractivity contribution in [3.05, 3.63) is 48.0 Å². The number of hydrogen-bond acceptors (Lipinski definition) is 3. The molecule has 0 aromatic heterocycles. The van der Waals surface area contributed by atoms with Crippen LogP contribution < -0.4 is 21.1 Å². The molecule has 0 unspecified atom stereocenters. The normalized spacial score (nSPS) is 11.3. The Balaban J connectivity index is 2.22. The van der Waals surface area contributed by atoms with Gasteiger partial charge in [-0.05, 0) is 55.3 Å². The molecular formula is C19H22F3N3O2. The van der Waals surface area contributed by atoms with Gasteiger partial charge in [0.05, 0.1) is 0 Å². The van der Waals surface area contributed by atoms with Gasteiger partial charge in [0.25, 0.3) is 0 Å². The Kier molecular flexibility index (Phi) is 6.55. The van der Waals surface area contributed by atoms with Gasteiger partial charge >= 0.3 is 12.2 Å². The van der Waals surface area contributed by atoms with E-state index in [-0.39, 0.29) is 23.2 Å². The fraction of sp³-hybridized carbons (Fsp3) is 0.316. The Morgan fingerprint density at radius 1 is 1.11 bits per heavy atom. The van der Waals surface area contributed by atoms with Gasteiger partial charge in [0.1, 0.15) is 17.1 Å². The lowest BCUT2D eigenvalue weighted by molar-refractivity contribution is -0.138. The molecule has 5 nitrogen and oxygen atoms in total.